The van der Waals surface area contributed by atoms with E-state index in [1.807, 2.05) is 26.8 Å². The lowest BCUT2D eigenvalue weighted by Crippen LogP contribution is -2.39. The van der Waals surface area contributed by atoms with E-state index in [-0.39, 0.29) is 6.79 Å². The maximum absolute atomic E-state index is 12.2. The highest BCUT2D eigenvalue weighted by molar-refractivity contribution is 5.87. The van der Waals surface area contributed by atoms with Crippen LogP contribution in [0.15, 0.2) is 41.2 Å². The molecule has 5 nitrogen and oxygen atoms in total. The number of carbonyl (C=O) groups excluding carboxylic acids is 1. The number of rotatable bonds is 5. The van der Waals surface area contributed by atoms with Crippen molar-refractivity contribution in [3.63, 3.8) is 0 Å². The molecule has 128 valence electrons. The zero-order valence-electron chi connectivity index (χ0n) is 14.4. The predicted octanol–water partition coefficient (Wildman–Crippen LogP) is 3.23. The molecule has 0 aliphatic carbocycles. The third-order valence-electron chi connectivity index (χ3n) is 3.62. The molecule has 0 amide bonds. The Bertz CT molecular complexity index is 721. The fraction of sp³-hybridized carbons (Fsp3) is 0.368. The first kappa shape index (κ1) is 17.9. The number of hydrogen-bond donors (Lipinski definition) is 1. The molecule has 0 spiro atoms. The Morgan fingerprint density at radius 1 is 1.38 bits per heavy atom. The molecule has 1 aliphatic heterocycles. The summed E-state index contributed by atoms with van der Waals surface area (Å²) < 4.78 is 15.4. The molecule has 1 aliphatic rings. The average molecular weight is 330 g/mol. The van der Waals surface area contributed by atoms with Crippen LogP contribution in [0.5, 0.6) is 11.5 Å². The first-order valence-corrected chi connectivity index (χ1v) is 7.74. The molecule has 0 aromatic heterocycles. The van der Waals surface area contributed by atoms with Crippen LogP contribution in [0.4, 0.5) is 0 Å². The van der Waals surface area contributed by atoms with Crippen molar-refractivity contribution in [3.05, 3.63) is 46.7 Å². The minimum atomic E-state index is -1.86. The summed E-state index contributed by atoms with van der Waals surface area (Å²) in [5, 5.41) is 10.9. The molecule has 1 atom stereocenters. The smallest absolute Gasteiger partial charge is 0.347 e. The highest BCUT2D eigenvalue weighted by Crippen LogP contribution is 2.33. The van der Waals surface area contributed by atoms with E-state index in [0.717, 1.165) is 11.1 Å². The van der Waals surface area contributed by atoms with Gasteiger partial charge in [0.05, 0.1) is 7.11 Å². The molecule has 0 bridgehead atoms. The Labute approximate surface area is 141 Å². The Kier molecular flexibility index (Phi) is 5.50. The standard InChI is InChI=1S/C19H22O5/c1-5-15(10-13(2)3)19(21,18(20)22-4)9-8-14-6-7-16-17(11-14)24-12-23-16/h6-9,11,21H,5,12H2,1-4H3/b9-8+/t19-/m1/s1. The number of methoxy groups -OCH3 is 1. The van der Waals surface area contributed by atoms with E-state index < -0.39 is 11.6 Å². The zero-order chi connectivity index (χ0) is 17.7. The molecule has 1 N–H and O–H groups in total. The van der Waals surface area contributed by atoms with Gasteiger partial charge in [0.1, 0.15) is 0 Å². The maximum atomic E-state index is 12.2. The minimum Gasteiger partial charge on any atom is -0.466 e. The fourth-order valence-corrected chi connectivity index (χ4v) is 2.44. The van der Waals surface area contributed by atoms with Crippen molar-refractivity contribution in [1.29, 1.82) is 0 Å². The third-order valence-corrected chi connectivity index (χ3v) is 3.62. The topological polar surface area (TPSA) is 65.0 Å². The quantitative estimate of drug-likeness (QED) is 0.663. The van der Waals surface area contributed by atoms with Gasteiger partial charge in [-0.3, -0.25) is 0 Å². The lowest BCUT2D eigenvalue weighted by molar-refractivity contribution is -0.154. The lowest BCUT2D eigenvalue weighted by atomic mass is 9.90. The SMILES string of the molecule is CCC(=C=C(C)C)[C@](O)(/C=C/c1ccc2c(c1)OCO2)C(=O)OC. The number of carbonyl (C=O) groups is 1. The summed E-state index contributed by atoms with van der Waals surface area (Å²) in [5.74, 6) is 0.563. The largest absolute Gasteiger partial charge is 0.466 e. The van der Waals surface area contributed by atoms with Crippen LogP contribution in [0.3, 0.4) is 0 Å². The molecule has 0 saturated heterocycles. The van der Waals surface area contributed by atoms with Crippen molar-refractivity contribution in [2.24, 2.45) is 0 Å². The van der Waals surface area contributed by atoms with Gasteiger partial charge >= 0.3 is 5.97 Å². The molecule has 0 radical (unpaired) electrons. The maximum Gasteiger partial charge on any atom is 0.347 e. The van der Waals surface area contributed by atoms with Gasteiger partial charge in [-0.2, -0.15) is 0 Å². The molecule has 0 unspecified atom stereocenters. The van der Waals surface area contributed by atoms with E-state index in [0.29, 0.717) is 23.5 Å². The summed E-state index contributed by atoms with van der Waals surface area (Å²) in [7, 11) is 1.25. The highest BCUT2D eigenvalue weighted by Gasteiger charge is 2.38. The highest BCUT2D eigenvalue weighted by atomic mass is 16.7. The Morgan fingerprint density at radius 2 is 2.08 bits per heavy atom. The molecule has 2 rings (SSSR count). The Balaban J connectivity index is 2.42. The van der Waals surface area contributed by atoms with Gasteiger partial charge in [-0.1, -0.05) is 19.1 Å². The molecule has 1 heterocycles. The van der Waals surface area contributed by atoms with Gasteiger partial charge in [-0.25, -0.2) is 4.79 Å². The summed E-state index contributed by atoms with van der Waals surface area (Å²) in [4.78, 5) is 12.2. The van der Waals surface area contributed by atoms with Crippen LogP contribution in [-0.2, 0) is 9.53 Å². The van der Waals surface area contributed by atoms with Gasteiger partial charge in [-0.15, -0.1) is 5.73 Å². The summed E-state index contributed by atoms with van der Waals surface area (Å²) in [5.41, 5.74) is 3.27. The summed E-state index contributed by atoms with van der Waals surface area (Å²) in [6.07, 6.45) is 3.54. The second-order valence-corrected chi connectivity index (χ2v) is 5.66. The number of benzene rings is 1. The molecule has 5 heteroatoms. The number of aliphatic hydroxyl groups is 1. The van der Waals surface area contributed by atoms with Crippen LogP contribution in [0.2, 0.25) is 0 Å². The summed E-state index contributed by atoms with van der Waals surface area (Å²) >= 11 is 0. The molecule has 1 aromatic carbocycles. The third kappa shape index (κ3) is 3.70. The first-order valence-electron chi connectivity index (χ1n) is 7.74. The van der Waals surface area contributed by atoms with Crippen molar-refractivity contribution < 1.29 is 24.1 Å². The minimum absolute atomic E-state index is 0.192. The monoisotopic (exact) mass is 330 g/mol. The molecule has 1 aromatic rings. The van der Waals surface area contributed by atoms with Crippen molar-refractivity contribution in [2.45, 2.75) is 32.8 Å². The second kappa shape index (κ2) is 7.39. The van der Waals surface area contributed by atoms with Gasteiger partial charge < -0.3 is 19.3 Å². The van der Waals surface area contributed by atoms with E-state index >= 15 is 0 Å². The summed E-state index contributed by atoms with van der Waals surface area (Å²) in [6.45, 7) is 5.76. The normalized spacial score (nSPS) is 14.9. The van der Waals surface area contributed by atoms with Crippen molar-refractivity contribution in [2.75, 3.05) is 13.9 Å². The van der Waals surface area contributed by atoms with Crippen LogP contribution in [0, 0.1) is 0 Å². The predicted molar refractivity (Wildman–Crippen MR) is 90.7 cm³/mol. The summed E-state index contributed by atoms with van der Waals surface area (Å²) in [6, 6.07) is 5.39. The van der Waals surface area contributed by atoms with Crippen molar-refractivity contribution >= 4 is 12.0 Å². The first-order chi connectivity index (χ1) is 11.4. The Hall–Kier alpha value is -2.49. The van der Waals surface area contributed by atoms with Crippen molar-refractivity contribution in [3.8, 4) is 11.5 Å². The number of esters is 1. The average Bonchev–Trinajstić information content (AvgIpc) is 3.04. The molecular weight excluding hydrogens is 308 g/mol. The van der Waals surface area contributed by atoms with Crippen LogP contribution in [-0.4, -0.2) is 30.6 Å². The van der Waals surface area contributed by atoms with Gasteiger partial charge in [0, 0.05) is 5.57 Å². The van der Waals surface area contributed by atoms with Gasteiger partial charge in [0.15, 0.2) is 11.5 Å². The van der Waals surface area contributed by atoms with Crippen LogP contribution >= 0.6 is 0 Å². The van der Waals surface area contributed by atoms with Gasteiger partial charge in [0.25, 0.3) is 0 Å². The van der Waals surface area contributed by atoms with Crippen LogP contribution < -0.4 is 9.47 Å². The number of hydrogen-bond acceptors (Lipinski definition) is 5. The van der Waals surface area contributed by atoms with Crippen molar-refractivity contribution in [1.82, 2.24) is 0 Å². The van der Waals surface area contributed by atoms with Gasteiger partial charge in [-0.05, 0) is 49.6 Å². The lowest BCUT2D eigenvalue weighted by Gasteiger charge is -2.23. The zero-order valence-corrected chi connectivity index (χ0v) is 14.4. The Morgan fingerprint density at radius 3 is 2.71 bits per heavy atom. The van der Waals surface area contributed by atoms with Crippen LogP contribution in [0.1, 0.15) is 32.8 Å². The second-order valence-electron chi connectivity index (χ2n) is 5.66. The van der Waals surface area contributed by atoms with E-state index in [1.54, 1.807) is 18.2 Å². The number of ether oxygens (including phenoxy) is 3. The van der Waals surface area contributed by atoms with Gasteiger partial charge in [0.2, 0.25) is 12.4 Å². The number of fused-ring (bicyclic) bond motifs is 1. The van der Waals surface area contributed by atoms with E-state index in [4.69, 9.17) is 14.2 Å². The van der Waals surface area contributed by atoms with E-state index in [2.05, 4.69) is 5.73 Å². The van der Waals surface area contributed by atoms with E-state index in [1.165, 1.54) is 13.2 Å². The molecule has 0 fully saturated rings. The van der Waals surface area contributed by atoms with Crippen LogP contribution in [0.25, 0.3) is 6.08 Å². The molecule has 24 heavy (non-hydrogen) atoms. The fourth-order valence-electron chi connectivity index (χ4n) is 2.44. The molecule has 0 saturated carbocycles. The van der Waals surface area contributed by atoms with E-state index in [9.17, 15) is 9.90 Å². The molecular formula is C19H22O5.